The Balaban J connectivity index is 1.90. The number of fused-ring (bicyclic) bond motifs is 3. The highest BCUT2D eigenvalue weighted by Crippen LogP contribution is 2.37. The van der Waals surface area contributed by atoms with Crippen molar-refractivity contribution in [1.29, 1.82) is 0 Å². The summed E-state index contributed by atoms with van der Waals surface area (Å²) in [6.45, 7) is 4.53. The zero-order valence-electron chi connectivity index (χ0n) is 16.9. The van der Waals surface area contributed by atoms with Crippen LogP contribution in [0.4, 0.5) is 0 Å². The Bertz CT molecular complexity index is 1360. The molecule has 0 aliphatic heterocycles. The van der Waals surface area contributed by atoms with Gasteiger partial charge in [-0.3, -0.25) is 0 Å². The zero-order valence-corrected chi connectivity index (χ0v) is 16.9. The van der Waals surface area contributed by atoms with E-state index in [1.165, 1.54) is 38.2 Å². The third-order valence-corrected chi connectivity index (χ3v) is 5.81. The molecular weight excluding hydrogens is 347 g/mol. The molecule has 0 spiro atoms. The van der Waals surface area contributed by atoms with Crippen molar-refractivity contribution in [2.45, 2.75) is 20.3 Å². The predicted octanol–water partition coefficient (Wildman–Crippen LogP) is 6.81. The second-order valence-corrected chi connectivity index (χ2v) is 8.37. The average molecular weight is 370 g/mol. The van der Waals surface area contributed by atoms with Gasteiger partial charge in [-0.15, -0.1) is 0 Å². The van der Waals surface area contributed by atoms with Crippen molar-refractivity contribution in [3.8, 4) is 11.1 Å². The summed E-state index contributed by atoms with van der Waals surface area (Å²) in [6.07, 6.45) is 1.07. The molecule has 0 atom stereocenters. The van der Waals surface area contributed by atoms with Crippen LogP contribution in [0.25, 0.3) is 43.4 Å². The SMILES string of the molecule is [B]c1c2ccccc2c(-c2ccc3ccccc3c2)c2cc(CC(C)C)ccc12. The van der Waals surface area contributed by atoms with Crippen LogP contribution in [0.1, 0.15) is 19.4 Å². The van der Waals surface area contributed by atoms with Gasteiger partial charge < -0.3 is 0 Å². The van der Waals surface area contributed by atoms with Crippen LogP contribution in [0.15, 0.2) is 84.9 Å². The van der Waals surface area contributed by atoms with Crippen LogP contribution in [-0.2, 0) is 6.42 Å². The highest BCUT2D eigenvalue weighted by Gasteiger charge is 2.14. The van der Waals surface area contributed by atoms with Gasteiger partial charge in [-0.1, -0.05) is 98.2 Å². The van der Waals surface area contributed by atoms with Crippen molar-refractivity contribution in [3.05, 3.63) is 90.5 Å². The first kappa shape index (κ1) is 18.0. The normalized spacial score (nSPS) is 11.7. The largest absolute Gasteiger partial charge is 0.115 e. The molecule has 5 aromatic rings. The maximum Gasteiger partial charge on any atom is 0.115 e. The summed E-state index contributed by atoms with van der Waals surface area (Å²) in [5.41, 5.74) is 4.76. The summed E-state index contributed by atoms with van der Waals surface area (Å²) in [4.78, 5) is 0. The van der Waals surface area contributed by atoms with Gasteiger partial charge >= 0.3 is 0 Å². The molecule has 138 valence electrons. The monoisotopic (exact) mass is 370 g/mol. The molecule has 5 aromatic carbocycles. The van der Waals surface area contributed by atoms with Crippen molar-refractivity contribution in [1.82, 2.24) is 0 Å². The van der Waals surface area contributed by atoms with Gasteiger partial charge in [0.1, 0.15) is 7.85 Å². The van der Waals surface area contributed by atoms with E-state index in [-0.39, 0.29) is 0 Å². The molecule has 29 heavy (non-hydrogen) atoms. The zero-order chi connectivity index (χ0) is 20.0. The van der Waals surface area contributed by atoms with E-state index in [2.05, 4.69) is 98.8 Å². The van der Waals surface area contributed by atoms with Crippen LogP contribution in [0.3, 0.4) is 0 Å². The number of hydrogen-bond donors (Lipinski definition) is 0. The van der Waals surface area contributed by atoms with Gasteiger partial charge in [-0.2, -0.15) is 0 Å². The van der Waals surface area contributed by atoms with Crippen LogP contribution < -0.4 is 5.46 Å². The van der Waals surface area contributed by atoms with E-state index < -0.39 is 0 Å². The molecule has 0 saturated heterocycles. The fourth-order valence-electron chi connectivity index (χ4n) is 4.51. The fourth-order valence-corrected chi connectivity index (χ4v) is 4.51. The molecule has 0 N–H and O–H groups in total. The van der Waals surface area contributed by atoms with Gasteiger partial charge in [0.15, 0.2) is 0 Å². The highest BCUT2D eigenvalue weighted by atomic mass is 14.2. The van der Waals surface area contributed by atoms with E-state index in [1.54, 1.807) is 0 Å². The Hall–Kier alpha value is -3.06. The molecule has 0 aliphatic carbocycles. The lowest BCUT2D eigenvalue weighted by atomic mass is 9.80. The van der Waals surface area contributed by atoms with Crippen molar-refractivity contribution in [2.75, 3.05) is 0 Å². The minimum Gasteiger partial charge on any atom is -0.0812 e. The lowest BCUT2D eigenvalue weighted by Gasteiger charge is -2.17. The first-order chi connectivity index (χ1) is 14.1. The smallest absolute Gasteiger partial charge is 0.0812 e. The van der Waals surface area contributed by atoms with E-state index in [0.717, 1.165) is 22.7 Å². The molecule has 0 amide bonds. The number of rotatable bonds is 3. The van der Waals surface area contributed by atoms with Gasteiger partial charge in [0.05, 0.1) is 0 Å². The highest BCUT2D eigenvalue weighted by molar-refractivity contribution is 6.46. The van der Waals surface area contributed by atoms with Crippen molar-refractivity contribution >= 4 is 45.6 Å². The second-order valence-electron chi connectivity index (χ2n) is 8.37. The molecule has 0 fully saturated rings. The maximum atomic E-state index is 6.64. The Morgan fingerprint density at radius 1 is 0.655 bits per heavy atom. The third kappa shape index (κ3) is 3.11. The van der Waals surface area contributed by atoms with Gasteiger partial charge in [0, 0.05) is 0 Å². The van der Waals surface area contributed by atoms with Crippen molar-refractivity contribution < 1.29 is 0 Å². The molecule has 0 heterocycles. The van der Waals surface area contributed by atoms with Gasteiger partial charge in [-0.25, -0.2) is 0 Å². The Labute approximate surface area is 173 Å². The van der Waals surface area contributed by atoms with Crippen LogP contribution in [0.2, 0.25) is 0 Å². The van der Waals surface area contributed by atoms with Crippen LogP contribution in [0.5, 0.6) is 0 Å². The van der Waals surface area contributed by atoms with Gasteiger partial charge in [0.2, 0.25) is 0 Å². The molecule has 1 heteroatoms. The molecule has 0 aromatic heterocycles. The Morgan fingerprint density at radius 2 is 1.34 bits per heavy atom. The van der Waals surface area contributed by atoms with E-state index >= 15 is 0 Å². The van der Waals surface area contributed by atoms with Crippen LogP contribution in [-0.4, -0.2) is 7.85 Å². The molecule has 0 aliphatic rings. The van der Waals surface area contributed by atoms with Crippen molar-refractivity contribution in [2.24, 2.45) is 5.92 Å². The number of hydrogen-bond acceptors (Lipinski definition) is 0. The molecule has 2 radical (unpaired) electrons. The molecule has 0 bridgehead atoms. The standard InChI is InChI=1S/C28H23B/c1-18(2)15-19-11-14-25-26(16-19)27(23-9-5-6-10-24(23)28(25)29)22-13-12-20-7-3-4-8-21(20)17-22/h3-14,16-18H,15H2,1-2H3. The van der Waals surface area contributed by atoms with Crippen LogP contribution >= 0.6 is 0 Å². The summed E-state index contributed by atoms with van der Waals surface area (Å²) >= 11 is 0. The third-order valence-electron chi connectivity index (χ3n) is 5.81. The lowest BCUT2D eigenvalue weighted by Crippen LogP contribution is -2.08. The summed E-state index contributed by atoms with van der Waals surface area (Å²) in [5, 5.41) is 7.25. The van der Waals surface area contributed by atoms with E-state index in [1.807, 2.05) is 0 Å². The molecule has 5 rings (SSSR count). The summed E-state index contributed by atoms with van der Waals surface area (Å²) in [7, 11) is 6.64. The molecule has 0 unspecified atom stereocenters. The summed E-state index contributed by atoms with van der Waals surface area (Å²) < 4.78 is 0. The fraction of sp³-hybridized carbons (Fsp3) is 0.143. The Morgan fingerprint density at radius 3 is 2.14 bits per heavy atom. The summed E-state index contributed by atoms with van der Waals surface area (Å²) in [5.74, 6) is 0.620. The molecule has 0 nitrogen and oxygen atoms in total. The Kier molecular flexibility index (Phi) is 4.40. The minimum atomic E-state index is 0.620. The first-order valence-corrected chi connectivity index (χ1v) is 10.3. The van der Waals surface area contributed by atoms with Crippen LogP contribution in [0, 0.1) is 5.92 Å². The van der Waals surface area contributed by atoms with Gasteiger partial charge in [0.25, 0.3) is 0 Å². The number of benzene rings is 5. The average Bonchev–Trinajstić information content (AvgIpc) is 2.73. The van der Waals surface area contributed by atoms with E-state index in [9.17, 15) is 0 Å². The van der Waals surface area contributed by atoms with Gasteiger partial charge in [-0.05, 0) is 67.4 Å². The van der Waals surface area contributed by atoms with E-state index in [0.29, 0.717) is 5.92 Å². The first-order valence-electron chi connectivity index (χ1n) is 10.3. The molecule has 0 saturated carbocycles. The van der Waals surface area contributed by atoms with Crippen molar-refractivity contribution in [3.63, 3.8) is 0 Å². The molecular formula is C28H23B. The predicted molar refractivity (Wildman–Crippen MR) is 128 cm³/mol. The quantitative estimate of drug-likeness (QED) is 0.242. The minimum absolute atomic E-state index is 0.620. The maximum absolute atomic E-state index is 6.64. The van der Waals surface area contributed by atoms with E-state index in [4.69, 9.17) is 7.85 Å². The topological polar surface area (TPSA) is 0 Å². The second kappa shape index (κ2) is 7.08. The summed E-state index contributed by atoms with van der Waals surface area (Å²) in [6, 6.07) is 30.6. The lowest BCUT2D eigenvalue weighted by molar-refractivity contribution is 0.648.